The molecule has 2 amide bonds. The van der Waals surface area contributed by atoms with Gasteiger partial charge in [0.25, 0.3) is 11.8 Å². The van der Waals surface area contributed by atoms with Crippen molar-refractivity contribution in [1.29, 1.82) is 0 Å². The lowest BCUT2D eigenvalue weighted by atomic mass is 10.0. The smallest absolute Gasteiger partial charge is 0.255 e. The number of amides is 2. The molecule has 0 bridgehead atoms. The first-order chi connectivity index (χ1) is 15.9. The maximum Gasteiger partial charge on any atom is 0.255 e. The first-order valence-electron chi connectivity index (χ1n) is 10.5. The van der Waals surface area contributed by atoms with Crippen molar-refractivity contribution < 1.29 is 19.8 Å². The number of hydrogen-bond acceptors (Lipinski definition) is 7. The molecule has 172 valence electrons. The number of aliphatic hydroxyl groups is 2. The minimum Gasteiger partial charge on any atom is -0.380 e. The molecule has 3 atom stereocenters. The van der Waals surface area contributed by atoms with Gasteiger partial charge in [0.05, 0.1) is 6.04 Å². The maximum atomic E-state index is 12.9. The Morgan fingerprint density at radius 2 is 1.97 bits per heavy atom. The number of hydrogen-bond donors (Lipinski definition) is 3. The van der Waals surface area contributed by atoms with Crippen molar-refractivity contribution in [2.45, 2.75) is 37.6 Å². The first-order valence-corrected chi connectivity index (χ1v) is 11.7. The number of nitrogens with zero attached hydrogens (tertiary/aromatic N) is 3. The van der Waals surface area contributed by atoms with Gasteiger partial charge in [-0.3, -0.25) is 9.59 Å². The van der Waals surface area contributed by atoms with Gasteiger partial charge in [-0.15, -0.1) is 5.10 Å². The van der Waals surface area contributed by atoms with Gasteiger partial charge >= 0.3 is 0 Å². The molecule has 8 nitrogen and oxygen atoms in total. The fraction of sp³-hybridized carbons (Fsp3) is 0.304. The molecule has 0 radical (unpaired) electrons. The molecule has 33 heavy (non-hydrogen) atoms. The summed E-state index contributed by atoms with van der Waals surface area (Å²) in [4.78, 5) is 26.8. The van der Waals surface area contributed by atoms with Gasteiger partial charge in [-0.05, 0) is 47.6 Å². The molecule has 0 saturated carbocycles. The van der Waals surface area contributed by atoms with Gasteiger partial charge in [0.2, 0.25) is 0 Å². The molecule has 10 heteroatoms. The van der Waals surface area contributed by atoms with E-state index >= 15 is 0 Å². The standard InChI is InChI=1S/C23H23ClN4O4S/c24-17-4-1-3-16(11-17)19-5-2-10-28(19)23(32)21(30)20(29)22(31)25-12-14-6-8-15(9-7-14)18-13-33-27-26-18/h1,3-4,6-9,11,13,19-21,29-30H,2,5,10,12H2,(H,25,31)/t19?,20-,21-/m1/s1. The largest absolute Gasteiger partial charge is 0.380 e. The van der Waals surface area contributed by atoms with Gasteiger partial charge in [-0.25, -0.2) is 0 Å². The summed E-state index contributed by atoms with van der Waals surface area (Å²) in [6.45, 7) is 0.573. The molecule has 1 aliphatic rings. The zero-order valence-electron chi connectivity index (χ0n) is 17.6. The normalized spacial score (nSPS) is 17.5. The van der Waals surface area contributed by atoms with Crippen LogP contribution in [0, 0.1) is 0 Å². The second kappa shape index (κ2) is 10.4. The number of halogens is 1. The van der Waals surface area contributed by atoms with Crippen LogP contribution in [0.3, 0.4) is 0 Å². The number of likely N-dealkylation sites (tertiary alicyclic amines) is 1. The second-order valence-corrected chi connectivity index (χ2v) is 8.89. The van der Waals surface area contributed by atoms with Crippen LogP contribution in [-0.2, 0) is 16.1 Å². The quantitative estimate of drug-likeness (QED) is 0.472. The van der Waals surface area contributed by atoms with Gasteiger partial charge in [-0.2, -0.15) is 0 Å². The summed E-state index contributed by atoms with van der Waals surface area (Å²) in [7, 11) is 0. The van der Waals surface area contributed by atoms with Crippen LogP contribution in [0.25, 0.3) is 11.3 Å². The molecule has 3 N–H and O–H groups in total. The molecule has 3 aromatic rings. The third-order valence-corrected chi connectivity index (χ3v) is 6.41. The maximum absolute atomic E-state index is 12.9. The minimum absolute atomic E-state index is 0.140. The van der Waals surface area contributed by atoms with Crippen LogP contribution in [-0.4, -0.2) is 55.3 Å². The fourth-order valence-corrected chi connectivity index (χ4v) is 4.58. The van der Waals surface area contributed by atoms with E-state index in [1.165, 1.54) is 16.4 Å². The lowest BCUT2D eigenvalue weighted by molar-refractivity contribution is -0.153. The predicted octanol–water partition coefficient (Wildman–Crippen LogP) is 2.56. The average molecular weight is 487 g/mol. The van der Waals surface area contributed by atoms with Crippen molar-refractivity contribution in [3.63, 3.8) is 0 Å². The molecular weight excluding hydrogens is 464 g/mol. The Kier molecular flexibility index (Phi) is 7.34. The summed E-state index contributed by atoms with van der Waals surface area (Å²) >= 11 is 7.34. The lowest BCUT2D eigenvalue weighted by Gasteiger charge is -2.28. The van der Waals surface area contributed by atoms with E-state index in [4.69, 9.17) is 11.6 Å². The van der Waals surface area contributed by atoms with Crippen LogP contribution in [0.5, 0.6) is 0 Å². The van der Waals surface area contributed by atoms with Crippen molar-refractivity contribution in [1.82, 2.24) is 19.8 Å². The first kappa shape index (κ1) is 23.3. The molecule has 2 aromatic carbocycles. The van der Waals surface area contributed by atoms with Crippen molar-refractivity contribution >= 4 is 34.9 Å². The Balaban J connectivity index is 1.34. The Hall–Kier alpha value is -2.85. The molecular formula is C23H23ClN4O4S. The van der Waals surface area contributed by atoms with Crippen LogP contribution in [0.15, 0.2) is 53.9 Å². The Labute approximate surface area is 200 Å². The highest BCUT2D eigenvalue weighted by molar-refractivity contribution is 7.03. The average Bonchev–Trinajstić information content (AvgIpc) is 3.54. The van der Waals surface area contributed by atoms with E-state index < -0.39 is 24.0 Å². The molecule has 1 saturated heterocycles. The zero-order valence-corrected chi connectivity index (χ0v) is 19.2. The summed E-state index contributed by atoms with van der Waals surface area (Å²) in [6.07, 6.45) is -2.26. The molecule has 0 spiro atoms. The number of carbonyl (C=O) groups excluding carboxylic acids is 2. The topological polar surface area (TPSA) is 116 Å². The van der Waals surface area contributed by atoms with Crippen molar-refractivity contribution in [2.75, 3.05) is 6.54 Å². The van der Waals surface area contributed by atoms with E-state index in [0.29, 0.717) is 18.0 Å². The highest BCUT2D eigenvalue weighted by atomic mass is 35.5. The van der Waals surface area contributed by atoms with Crippen LogP contribution in [0.1, 0.15) is 30.0 Å². The zero-order chi connectivity index (χ0) is 23.4. The van der Waals surface area contributed by atoms with Crippen molar-refractivity contribution in [2.24, 2.45) is 0 Å². The van der Waals surface area contributed by atoms with Gasteiger partial charge in [0.15, 0.2) is 12.2 Å². The van der Waals surface area contributed by atoms with Crippen LogP contribution in [0.4, 0.5) is 0 Å². The molecule has 0 aliphatic carbocycles. The lowest BCUT2D eigenvalue weighted by Crippen LogP contribution is -2.50. The van der Waals surface area contributed by atoms with Gasteiger partial charge < -0.3 is 20.4 Å². The van der Waals surface area contributed by atoms with E-state index in [1.807, 2.05) is 35.7 Å². The number of carbonyl (C=O) groups is 2. The number of aliphatic hydroxyl groups excluding tert-OH is 2. The SMILES string of the molecule is O=C(NCc1ccc(-c2csnn2)cc1)[C@H](O)[C@@H](O)C(=O)N1CCCC1c1cccc(Cl)c1. The number of aromatic nitrogens is 2. The minimum atomic E-state index is -1.88. The van der Waals surface area contributed by atoms with Crippen LogP contribution >= 0.6 is 23.1 Å². The summed E-state index contributed by atoms with van der Waals surface area (Å²) in [6, 6.07) is 14.3. The van der Waals surface area contributed by atoms with Gasteiger partial charge in [-0.1, -0.05) is 52.5 Å². The van der Waals surface area contributed by atoms with E-state index in [-0.39, 0.29) is 12.6 Å². The van der Waals surface area contributed by atoms with Gasteiger partial charge in [0, 0.05) is 29.1 Å². The van der Waals surface area contributed by atoms with Crippen LogP contribution < -0.4 is 5.32 Å². The van der Waals surface area contributed by atoms with Crippen LogP contribution in [0.2, 0.25) is 5.02 Å². The molecule has 1 aromatic heterocycles. The highest BCUT2D eigenvalue weighted by Crippen LogP contribution is 2.33. The number of rotatable bonds is 7. The second-order valence-electron chi connectivity index (χ2n) is 7.84. The van der Waals surface area contributed by atoms with Crippen molar-refractivity contribution in [3.8, 4) is 11.3 Å². The molecule has 1 fully saturated rings. The van der Waals surface area contributed by atoms with E-state index in [9.17, 15) is 19.8 Å². The number of nitrogens with one attached hydrogen (secondary N) is 1. The predicted molar refractivity (Wildman–Crippen MR) is 124 cm³/mol. The van der Waals surface area contributed by atoms with Crippen molar-refractivity contribution in [3.05, 3.63) is 70.1 Å². The fourth-order valence-electron chi connectivity index (χ4n) is 3.92. The van der Waals surface area contributed by atoms with Gasteiger partial charge in [0.1, 0.15) is 5.69 Å². The monoisotopic (exact) mass is 486 g/mol. The third-order valence-electron chi connectivity index (χ3n) is 5.67. The Bertz CT molecular complexity index is 1110. The van der Waals surface area contributed by atoms with E-state index in [2.05, 4.69) is 14.9 Å². The van der Waals surface area contributed by atoms with E-state index in [1.54, 1.807) is 18.2 Å². The molecule has 2 heterocycles. The van der Waals surface area contributed by atoms with E-state index in [0.717, 1.165) is 28.8 Å². The Morgan fingerprint density at radius 3 is 2.67 bits per heavy atom. The summed E-state index contributed by atoms with van der Waals surface area (Å²) in [5.74, 6) is -1.50. The third kappa shape index (κ3) is 5.39. The molecule has 1 unspecified atom stereocenters. The summed E-state index contributed by atoms with van der Waals surface area (Å²) in [5.41, 5.74) is 3.32. The summed E-state index contributed by atoms with van der Waals surface area (Å²) in [5, 5.41) is 29.7. The Morgan fingerprint density at radius 1 is 1.18 bits per heavy atom. The molecule has 1 aliphatic heterocycles. The summed E-state index contributed by atoms with van der Waals surface area (Å²) < 4.78 is 3.83. The highest BCUT2D eigenvalue weighted by Gasteiger charge is 2.38. The molecule has 4 rings (SSSR count). The number of benzene rings is 2.